The van der Waals surface area contributed by atoms with Crippen LogP contribution in [0, 0.1) is 12.3 Å². The van der Waals surface area contributed by atoms with Crippen LogP contribution < -0.4 is 10.1 Å². The Kier molecular flexibility index (Phi) is 5.67. The summed E-state index contributed by atoms with van der Waals surface area (Å²) in [6.45, 7) is 1.68. The van der Waals surface area contributed by atoms with Gasteiger partial charge in [-0.15, -0.1) is 6.42 Å². The first-order chi connectivity index (χ1) is 14.7. The number of allylic oxidation sites excluding steroid dienone is 1. The molecule has 2 aromatic heterocycles. The quantitative estimate of drug-likeness (QED) is 0.373. The molecule has 1 aromatic carbocycles. The van der Waals surface area contributed by atoms with E-state index in [0.717, 1.165) is 41.8 Å². The monoisotopic (exact) mass is 397 g/mol. The molecule has 3 aromatic rings. The van der Waals surface area contributed by atoms with Crippen LogP contribution in [0.25, 0.3) is 11.1 Å². The number of hydrogen-bond acceptors (Lipinski definition) is 7. The van der Waals surface area contributed by atoms with Crippen LogP contribution in [-0.4, -0.2) is 45.3 Å². The number of likely N-dealkylation sites (tertiary alicyclic amines) is 1. The minimum absolute atomic E-state index is 0.244. The van der Waals surface area contributed by atoms with E-state index in [4.69, 9.17) is 11.2 Å². The lowest BCUT2D eigenvalue weighted by atomic mass is 10.1. The summed E-state index contributed by atoms with van der Waals surface area (Å²) in [6, 6.07) is 9.76. The van der Waals surface area contributed by atoms with Crippen molar-refractivity contribution >= 4 is 12.0 Å². The number of aldehydes is 1. The average Bonchev–Trinajstić information content (AvgIpc) is 2.76. The first kappa shape index (κ1) is 19.2. The van der Waals surface area contributed by atoms with Crippen LogP contribution >= 0.6 is 0 Å². The van der Waals surface area contributed by atoms with Gasteiger partial charge in [0.05, 0.1) is 11.7 Å². The van der Waals surface area contributed by atoms with Gasteiger partial charge in [-0.1, -0.05) is 12.0 Å². The maximum Gasteiger partial charge on any atom is 0.321 e. The number of nitrogens with one attached hydrogen (secondary N) is 1. The SMILES string of the molecule is C#Cc1cccc(Oc2ncc(-c3cncc(NC4CN(C=CC=O)C4)c3)cn2)c1. The molecule has 0 atom stereocenters. The zero-order valence-electron chi connectivity index (χ0n) is 16.1. The molecule has 7 heteroatoms. The number of carbonyl (C=O) groups is 1. The molecular formula is C23H19N5O2. The number of rotatable bonds is 7. The fraction of sp³-hybridized carbons (Fsp3) is 0.130. The van der Waals surface area contributed by atoms with Crippen molar-refractivity contribution in [2.45, 2.75) is 6.04 Å². The van der Waals surface area contributed by atoms with Crippen molar-refractivity contribution in [3.8, 4) is 35.2 Å². The molecule has 0 radical (unpaired) electrons. The second kappa shape index (κ2) is 8.88. The lowest BCUT2D eigenvalue weighted by molar-refractivity contribution is -0.104. The highest BCUT2D eigenvalue weighted by Gasteiger charge is 2.23. The fourth-order valence-corrected chi connectivity index (χ4v) is 3.07. The average molecular weight is 397 g/mol. The third kappa shape index (κ3) is 4.62. The van der Waals surface area contributed by atoms with Crippen molar-refractivity contribution in [1.82, 2.24) is 19.9 Å². The molecular weight excluding hydrogens is 378 g/mol. The summed E-state index contributed by atoms with van der Waals surface area (Å²) in [4.78, 5) is 25.3. The minimum atomic E-state index is 0.244. The molecule has 0 saturated carbocycles. The highest BCUT2D eigenvalue weighted by atomic mass is 16.5. The number of ether oxygens (including phenoxy) is 1. The summed E-state index contributed by atoms with van der Waals surface area (Å²) in [5.41, 5.74) is 3.38. The molecule has 0 spiro atoms. The van der Waals surface area contributed by atoms with Gasteiger partial charge in [0.15, 0.2) is 0 Å². The Morgan fingerprint density at radius 1 is 1.13 bits per heavy atom. The largest absolute Gasteiger partial charge is 0.424 e. The van der Waals surface area contributed by atoms with Crippen LogP contribution in [0.5, 0.6) is 11.8 Å². The molecule has 0 unspecified atom stereocenters. The van der Waals surface area contributed by atoms with E-state index in [1.165, 1.54) is 6.08 Å². The van der Waals surface area contributed by atoms with Crippen LogP contribution in [0.1, 0.15) is 5.56 Å². The molecule has 1 fully saturated rings. The Morgan fingerprint density at radius 2 is 1.97 bits per heavy atom. The summed E-state index contributed by atoms with van der Waals surface area (Å²) in [5.74, 6) is 3.16. The Bertz CT molecular complexity index is 1100. The predicted molar refractivity (Wildman–Crippen MR) is 114 cm³/mol. The number of aromatic nitrogens is 3. The molecule has 30 heavy (non-hydrogen) atoms. The highest BCUT2D eigenvalue weighted by molar-refractivity contribution is 5.66. The third-order valence-corrected chi connectivity index (χ3v) is 4.57. The normalized spacial score (nSPS) is 13.5. The first-order valence-electron chi connectivity index (χ1n) is 9.38. The molecule has 3 heterocycles. The second-order valence-electron chi connectivity index (χ2n) is 6.76. The Hall–Kier alpha value is -4.18. The highest BCUT2D eigenvalue weighted by Crippen LogP contribution is 2.24. The van der Waals surface area contributed by atoms with Gasteiger partial charge in [-0.3, -0.25) is 9.78 Å². The Morgan fingerprint density at radius 3 is 2.73 bits per heavy atom. The Labute approximate surface area is 174 Å². The number of nitrogens with zero attached hydrogens (tertiary/aromatic N) is 4. The van der Waals surface area contributed by atoms with Gasteiger partial charge < -0.3 is 15.0 Å². The summed E-state index contributed by atoms with van der Waals surface area (Å²) in [7, 11) is 0. The number of hydrogen-bond donors (Lipinski definition) is 1. The maximum atomic E-state index is 10.4. The smallest absolute Gasteiger partial charge is 0.321 e. The van der Waals surface area contributed by atoms with Crippen molar-refractivity contribution in [2.24, 2.45) is 0 Å². The Balaban J connectivity index is 1.39. The number of benzene rings is 1. The van der Waals surface area contributed by atoms with Crippen molar-refractivity contribution < 1.29 is 9.53 Å². The molecule has 1 aliphatic rings. The third-order valence-electron chi connectivity index (χ3n) is 4.57. The van der Waals surface area contributed by atoms with E-state index in [2.05, 4.69) is 31.1 Å². The van der Waals surface area contributed by atoms with Gasteiger partial charge in [-0.25, -0.2) is 9.97 Å². The molecule has 0 amide bonds. The second-order valence-corrected chi connectivity index (χ2v) is 6.76. The van der Waals surface area contributed by atoms with Gasteiger partial charge in [0, 0.05) is 60.8 Å². The first-order valence-corrected chi connectivity index (χ1v) is 9.38. The van der Waals surface area contributed by atoms with Crippen molar-refractivity contribution in [3.63, 3.8) is 0 Å². The number of anilines is 1. The van der Waals surface area contributed by atoms with Crippen molar-refractivity contribution in [3.05, 3.63) is 73.0 Å². The fourth-order valence-electron chi connectivity index (χ4n) is 3.07. The van der Waals surface area contributed by atoms with Crippen molar-refractivity contribution in [2.75, 3.05) is 18.4 Å². The molecule has 0 bridgehead atoms. The van der Waals surface area contributed by atoms with Crippen LogP contribution in [0.15, 0.2) is 67.4 Å². The van der Waals surface area contributed by atoms with E-state index in [1.807, 2.05) is 18.2 Å². The van der Waals surface area contributed by atoms with Gasteiger partial charge in [0.1, 0.15) is 12.0 Å². The summed E-state index contributed by atoms with van der Waals surface area (Å²) in [6.07, 6.45) is 16.4. The van der Waals surface area contributed by atoms with Crippen LogP contribution in [0.2, 0.25) is 0 Å². The lowest BCUT2D eigenvalue weighted by Crippen LogP contribution is -2.51. The van der Waals surface area contributed by atoms with E-state index in [0.29, 0.717) is 11.8 Å². The zero-order valence-corrected chi connectivity index (χ0v) is 16.1. The molecule has 1 saturated heterocycles. The van der Waals surface area contributed by atoms with Crippen molar-refractivity contribution in [1.29, 1.82) is 0 Å². The van der Waals surface area contributed by atoms with E-state index in [1.54, 1.807) is 43.1 Å². The molecule has 1 N–H and O–H groups in total. The van der Waals surface area contributed by atoms with Crippen LogP contribution in [-0.2, 0) is 4.79 Å². The van der Waals surface area contributed by atoms with E-state index in [-0.39, 0.29) is 6.01 Å². The number of terminal acetylenes is 1. The van der Waals surface area contributed by atoms with Crippen LogP contribution in [0.4, 0.5) is 5.69 Å². The van der Waals surface area contributed by atoms with Gasteiger partial charge in [-0.05, 0) is 30.3 Å². The topological polar surface area (TPSA) is 80.2 Å². The molecule has 148 valence electrons. The summed E-state index contributed by atoms with van der Waals surface area (Å²) >= 11 is 0. The molecule has 7 nitrogen and oxygen atoms in total. The zero-order chi connectivity index (χ0) is 20.8. The summed E-state index contributed by atoms with van der Waals surface area (Å²) in [5, 5.41) is 3.44. The van der Waals surface area contributed by atoms with E-state index < -0.39 is 0 Å². The molecule has 1 aliphatic heterocycles. The predicted octanol–water partition coefficient (Wildman–Crippen LogP) is 3.12. The number of carbonyl (C=O) groups excluding carboxylic acids is 1. The lowest BCUT2D eigenvalue weighted by Gasteiger charge is -2.39. The van der Waals surface area contributed by atoms with E-state index in [9.17, 15) is 4.79 Å². The van der Waals surface area contributed by atoms with E-state index >= 15 is 0 Å². The number of pyridine rings is 1. The summed E-state index contributed by atoms with van der Waals surface area (Å²) < 4.78 is 5.67. The van der Waals surface area contributed by atoms with Gasteiger partial charge >= 0.3 is 6.01 Å². The van der Waals surface area contributed by atoms with Crippen LogP contribution in [0.3, 0.4) is 0 Å². The standard InChI is InChI=1S/C23H19N5O2/c1-2-17-5-3-6-22(9-17)30-23-25-12-19(13-26-23)18-10-20(14-24-11-18)27-21-15-28(16-21)7-4-8-29/h1,3-14,21,27H,15-16H2. The molecule has 4 rings (SSSR count). The minimum Gasteiger partial charge on any atom is -0.424 e. The van der Waals surface area contributed by atoms with Gasteiger partial charge in [-0.2, -0.15) is 0 Å². The van der Waals surface area contributed by atoms with Gasteiger partial charge in [0.25, 0.3) is 0 Å². The molecule has 0 aliphatic carbocycles. The van der Waals surface area contributed by atoms with Gasteiger partial charge in [0.2, 0.25) is 0 Å². The maximum absolute atomic E-state index is 10.4.